The zero-order chi connectivity index (χ0) is 13.5. The number of likely N-dealkylation sites (N-methyl/N-ethyl adjacent to an activating group) is 1. The van der Waals surface area contributed by atoms with Crippen LogP contribution >= 0.6 is 23.2 Å². The number of hydrogen-bond acceptors (Lipinski definition) is 1. The van der Waals surface area contributed by atoms with Gasteiger partial charge in [0.25, 0.3) is 0 Å². The molecule has 0 amide bonds. The maximum atomic E-state index is 6.22. The zero-order valence-electron chi connectivity index (χ0n) is 11.5. The van der Waals surface area contributed by atoms with Crippen LogP contribution in [0.4, 0.5) is 0 Å². The highest BCUT2D eigenvalue weighted by molar-refractivity contribution is 6.33. The fraction of sp³-hybridized carbons (Fsp3) is 0.600. The van der Waals surface area contributed by atoms with Gasteiger partial charge in [0.1, 0.15) is 0 Å². The molecule has 0 bridgehead atoms. The highest BCUT2D eigenvalue weighted by Crippen LogP contribution is 2.23. The second-order valence-corrected chi connectivity index (χ2v) is 5.79. The molecule has 3 heteroatoms. The van der Waals surface area contributed by atoms with Crippen LogP contribution in [0.2, 0.25) is 10.0 Å². The molecule has 0 aliphatic heterocycles. The summed E-state index contributed by atoms with van der Waals surface area (Å²) in [6.45, 7) is 7.66. The van der Waals surface area contributed by atoms with Gasteiger partial charge in [-0.1, -0.05) is 50.4 Å². The second-order valence-electron chi connectivity index (χ2n) is 4.94. The van der Waals surface area contributed by atoms with Gasteiger partial charge in [0.2, 0.25) is 0 Å². The van der Waals surface area contributed by atoms with Gasteiger partial charge in [-0.05, 0) is 49.1 Å². The monoisotopic (exact) mass is 287 g/mol. The standard InChI is InChI=1S/C15H23Cl2N/c1-4-11(3)8-14(18-5-2)10-12-9-13(16)6-7-15(12)17/h6-7,9,11,14,18H,4-5,8,10H2,1-3H3. The fourth-order valence-electron chi connectivity index (χ4n) is 2.15. The van der Waals surface area contributed by atoms with Crippen LogP contribution in [0.5, 0.6) is 0 Å². The third-order valence-electron chi connectivity index (χ3n) is 3.35. The Labute approximate surface area is 121 Å². The molecule has 0 saturated heterocycles. The van der Waals surface area contributed by atoms with Crippen LogP contribution in [-0.4, -0.2) is 12.6 Å². The summed E-state index contributed by atoms with van der Waals surface area (Å²) in [4.78, 5) is 0. The topological polar surface area (TPSA) is 12.0 Å². The summed E-state index contributed by atoms with van der Waals surface area (Å²) < 4.78 is 0. The molecule has 0 aliphatic carbocycles. The molecule has 1 aromatic carbocycles. The lowest BCUT2D eigenvalue weighted by molar-refractivity contribution is 0.397. The molecular weight excluding hydrogens is 265 g/mol. The first-order valence-corrected chi connectivity index (χ1v) is 7.49. The normalized spacial score (nSPS) is 14.5. The number of hydrogen-bond donors (Lipinski definition) is 1. The molecular formula is C15H23Cl2N. The van der Waals surface area contributed by atoms with Crippen molar-refractivity contribution in [3.05, 3.63) is 33.8 Å². The second kappa shape index (κ2) is 8.04. The van der Waals surface area contributed by atoms with Crippen molar-refractivity contribution in [1.82, 2.24) is 5.32 Å². The van der Waals surface area contributed by atoms with Gasteiger partial charge in [0, 0.05) is 16.1 Å². The first-order valence-electron chi connectivity index (χ1n) is 6.74. The van der Waals surface area contributed by atoms with Crippen LogP contribution < -0.4 is 5.32 Å². The first kappa shape index (κ1) is 15.8. The molecule has 0 aromatic heterocycles. The molecule has 2 unspecified atom stereocenters. The largest absolute Gasteiger partial charge is 0.314 e. The summed E-state index contributed by atoms with van der Waals surface area (Å²) in [5, 5.41) is 5.11. The van der Waals surface area contributed by atoms with E-state index in [4.69, 9.17) is 23.2 Å². The van der Waals surface area contributed by atoms with Crippen LogP contribution in [0, 0.1) is 5.92 Å². The predicted molar refractivity (Wildman–Crippen MR) is 81.7 cm³/mol. The van der Waals surface area contributed by atoms with Gasteiger partial charge in [-0.15, -0.1) is 0 Å². The van der Waals surface area contributed by atoms with E-state index in [1.165, 1.54) is 12.8 Å². The third-order valence-corrected chi connectivity index (χ3v) is 3.95. The number of rotatable bonds is 7. The maximum Gasteiger partial charge on any atom is 0.0439 e. The average molecular weight is 288 g/mol. The molecule has 18 heavy (non-hydrogen) atoms. The van der Waals surface area contributed by atoms with E-state index in [0.29, 0.717) is 6.04 Å². The molecule has 0 saturated carbocycles. The van der Waals surface area contributed by atoms with Crippen molar-refractivity contribution in [3.8, 4) is 0 Å². The van der Waals surface area contributed by atoms with Crippen molar-refractivity contribution in [2.24, 2.45) is 5.92 Å². The Bertz CT molecular complexity index is 366. The van der Waals surface area contributed by atoms with Crippen LogP contribution in [-0.2, 0) is 6.42 Å². The lowest BCUT2D eigenvalue weighted by Gasteiger charge is -2.22. The lowest BCUT2D eigenvalue weighted by Crippen LogP contribution is -2.32. The van der Waals surface area contributed by atoms with E-state index in [1.807, 2.05) is 18.2 Å². The Hall–Kier alpha value is -0.240. The number of halogens is 2. The van der Waals surface area contributed by atoms with Gasteiger partial charge in [0.05, 0.1) is 0 Å². The maximum absolute atomic E-state index is 6.22. The Morgan fingerprint density at radius 2 is 1.94 bits per heavy atom. The minimum Gasteiger partial charge on any atom is -0.314 e. The Balaban J connectivity index is 2.72. The highest BCUT2D eigenvalue weighted by Gasteiger charge is 2.14. The fourth-order valence-corrected chi connectivity index (χ4v) is 2.53. The van der Waals surface area contributed by atoms with Crippen LogP contribution in [0.25, 0.3) is 0 Å². The Morgan fingerprint density at radius 3 is 2.56 bits per heavy atom. The molecule has 2 atom stereocenters. The molecule has 1 rings (SSSR count). The van der Waals surface area contributed by atoms with Crippen molar-refractivity contribution >= 4 is 23.2 Å². The molecule has 0 fully saturated rings. The van der Waals surface area contributed by atoms with Crippen molar-refractivity contribution in [1.29, 1.82) is 0 Å². The molecule has 1 aromatic rings. The van der Waals surface area contributed by atoms with E-state index in [-0.39, 0.29) is 0 Å². The molecule has 0 heterocycles. The Morgan fingerprint density at radius 1 is 1.22 bits per heavy atom. The summed E-state index contributed by atoms with van der Waals surface area (Å²) in [6.07, 6.45) is 3.33. The quantitative estimate of drug-likeness (QED) is 0.748. The first-order chi connectivity index (χ1) is 8.56. The van der Waals surface area contributed by atoms with Crippen molar-refractivity contribution in [3.63, 3.8) is 0 Å². The molecule has 0 aliphatic rings. The van der Waals surface area contributed by atoms with Crippen molar-refractivity contribution in [2.45, 2.75) is 46.1 Å². The lowest BCUT2D eigenvalue weighted by atomic mass is 9.94. The van der Waals surface area contributed by atoms with E-state index >= 15 is 0 Å². The molecule has 102 valence electrons. The highest BCUT2D eigenvalue weighted by atomic mass is 35.5. The van der Waals surface area contributed by atoms with E-state index in [0.717, 1.165) is 34.5 Å². The summed E-state index contributed by atoms with van der Waals surface area (Å²) in [5.74, 6) is 0.729. The minimum atomic E-state index is 0.473. The van der Waals surface area contributed by atoms with Crippen molar-refractivity contribution < 1.29 is 0 Å². The summed E-state index contributed by atoms with van der Waals surface area (Å²) in [7, 11) is 0. The molecule has 1 N–H and O–H groups in total. The van der Waals surface area contributed by atoms with Crippen LogP contribution in [0.3, 0.4) is 0 Å². The van der Waals surface area contributed by atoms with Gasteiger partial charge >= 0.3 is 0 Å². The molecule has 0 radical (unpaired) electrons. The average Bonchev–Trinajstić information content (AvgIpc) is 2.34. The van der Waals surface area contributed by atoms with Crippen LogP contribution in [0.1, 0.15) is 39.2 Å². The summed E-state index contributed by atoms with van der Waals surface area (Å²) in [5.41, 5.74) is 1.14. The smallest absolute Gasteiger partial charge is 0.0439 e. The van der Waals surface area contributed by atoms with E-state index < -0.39 is 0 Å². The zero-order valence-corrected chi connectivity index (χ0v) is 13.0. The molecule has 0 spiro atoms. The van der Waals surface area contributed by atoms with Gasteiger partial charge in [-0.3, -0.25) is 0 Å². The van der Waals surface area contributed by atoms with Gasteiger partial charge < -0.3 is 5.32 Å². The van der Waals surface area contributed by atoms with E-state index in [9.17, 15) is 0 Å². The Kier molecular flexibility index (Phi) is 7.06. The third kappa shape index (κ3) is 5.17. The van der Waals surface area contributed by atoms with Gasteiger partial charge in [-0.2, -0.15) is 0 Å². The molecule has 1 nitrogen and oxygen atoms in total. The van der Waals surface area contributed by atoms with Gasteiger partial charge in [-0.25, -0.2) is 0 Å². The SMILES string of the molecule is CCNC(Cc1cc(Cl)ccc1Cl)CC(C)CC. The summed E-state index contributed by atoms with van der Waals surface area (Å²) >= 11 is 12.3. The van der Waals surface area contributed by atoms with Gasteiger partial charge in [0.15, 0.2) is 0 Å². The summed E-state index contributed by atoms with van der Waals surface area (Å²) in [6, 6.07) is 6.17. The minimum absolute atomic E-state index is 0.473. The van der Waals surface area contributed by atoms with E-state index in [2.05, 4.69) is 26.1 Å². The predicted octanol–water partition coefficient (Wildman–Crippen LogP) is 4.95. The van der Waals surface area contributed by atoms with Crippen molar-refractivity contribution in [2.75, 3.05) is 6.54 Å². The van der Waals surface area contributed by atoms with E-state index in [1.54, 1.807) is 0 Å². The number of benzene rings is 1. The number of nitrogens with one attached hydrogen (secondary N) is 1. The van der Waals surface area contributed by atoms with Crippen LogP contribution in [0.15, 0.2) is 18.2 Å².